The van der Waals surface area contributed by atoms with Crippen molar-refractivity contribution in [3.63, 3.8) is 0 Å². The first kappa shape index (κ1) is 20.9. The molecular weight excluding hydrogens is 398 g/mol. The lowest BCUT2D eigenvalue weighted by molar-refractivity contribution is 0.120. The molecule has 1 aromatic heterocycles. The van der Waals surface area contributed by atoms with E-state index in [1.165, 1.54) is 5.56 Å². The van der Waals surface area contributed by atoms with Gasteiger partial charge in [0.15, 0.2) is 0 Å². The molecule has 0 unspecified atom stereocenters. The maximum atomic E-state index is 5.78. The summed E-state index contributed by atoms with van der Waals surface area (Å²) in [4.78, 5) is 14.6. The first-order valence-corrected chi connectivity index (χ1v) is 11.7. The Morgan fingerprint density at radius 3 is 2.59 bits per heavy atom. The second-order valence-electron chi connectivity index (χ2n) is 8.51. The molecule has 0 saturated carbocycles. The predicted octanol–water partition coefficient (Wildman–Crippen LogP) is 4.06. The van der Waals surface area contributed by atoms with Crippen molar-refractivity contribution in [3.05, 3.63) is 66.2 Å². The summed E-state index contributed by atoms with van der Waals surface area (Å²) in [7, 11) is 0. The van der Waals surface area contributed by atoms with E-state index in [0.29, 0.717) is 0 Å². The lowest BCUT2D eigenvalue weighted by Crippen LogP contribution is -2.47. The summed E-state index contributed by atoms with van der Waals surface area (Å²) in [6.45, 7) is 6.51. The Hall–Kier alpha value is -2.96. The summed E-state index contributed by atoms with van der Waals surface area (Å²) in [5.41, 5.74) is 2.24. The molecule has 2 aromatic carbocycles. The van der Waals surface area contributed by atoms with Gasteiger partial charge in [0.2, 0.25) is 5.95 Å². The molecular formula is C26H31N5O. The molecule has 0 aliphatic carbocycles. The molecule has 5 rings (SSSR count). The number of hydrogen-bond acceptors (Lipinski definition) is 6. The van der Waals surface area contributed by atoms with Crippen molar-refractivity contribution in [2.75, 3.05) is 56.1 Å². The van der Waals surface area contributed by atoms with Crippen LogP contribution in [0.2, 0.25) is 0 Å². The van der Waals surface area contributed by atoms with E-state index in [9.17, 15) is 0 Å². The first-order chi connectivity index (χ1) is 15.8. The van der Waals surface area contributed by atoms with Crippen LogP contribution < -0.4 is 10.2 Å². The highest BCUT2D eigenvalue weighted by Crippen LogP contribution is 2.25. The Morgan fingerprint density at radius 2 is 1.78 bits per heavy atom. The van der Waals surface area contributed by atoms with Crippen LogP contribution in [0.15, 0.2) is 60.7 Å². The van der Waals surface area contributed by atoms with Crippen LogP contribution in [-0.4, -0.2) is 66.8 Å². The fraction of sp³-hybridized carbons (Fsp3) is 0.385. The molecule has 32 heavy (non-hydrogen) atoms. The van der Waals surface area contributed by atoms with Crippen LogP contribution in [0.25, 0.3) is 17.0 Å². The monoisotopic (exact) mass is 429 g/mol. The fourth-order valence-corrected chi connectivity index (χ4v) is 4.39. The van der Waals surface area contributed by atoms with Gasteiger partial charge in [-0.2, -0.15) is 4.98 Å². The van der Waals surface area contributed by atoms with Gasteiger partial charge in [-0.1, -0.05) is 54.6 Å². The number of ether oxygens (including phenoxy) is 1. The number of anilines is 2. The van der Waals surface area contributed by atoms with Gasteiger partial charge in [-0.3, -0.25) is 4.90 Å². The smallest absolute Gasteiger partial charge is 0.227 e. The number of nitrogens with zero attached hydrogens (tertiary/aromatic N) is 4. The molecule has 2 fully saturated rings. The van der Waals surface area contributed by atoms with Gasteiger partial charge in [0.25, 0.3) is 0 Å². The number of nitrogens with one attached hydrogen (secondary N) is 1. The van der Waals surface area contributed by atoms with Gasteiger partial charge in [0.05, 0.1) is 11.6 Å². The van der Waals surface area contributed by atoms with E-state index in [4.69, 9.17) is 14.7 Å². The highest BCUT2D eigenvalue weighted by atomic mass is 16.5. The molecule has 6 heteroatoms. The third-order valence-corrected chi connectivity index (χ3v) is 6.24. The minimum absolute atomic E-state index is 0.277. The van der Waals surface area contributed by atoms with Crippen LogP contribution in [0.4, 0.5) is 11.8 Å². The van der Waals surface area contributed by atoms with Gasteiger partial charge in [0.1, 0.15) is 5.82 Å². The Labute approximate surface area is 189 Å². The molecule has 0 spiro atoms. The summed E-state index contributed by atoms with van der Waals surface area (Å²) in [6.07, 6.45) is 6.99. The van der Waals surface area contributed by atoms with Crippen molar-refractivity contribution in [1.29, 1.82) is 0 Å². The molecule has 0 amide bonds. The van der Waals surface area contributed by atoms with Crippen molar-refractivity contribution in [1.82, 2.24) is 14.9 Å². The van der Waals surface area contributed by atoms with Crippen molar-refractivity contribution < 1.29 is 4.74 Å². The normalized spacial score (nSPS) is 19.8. The molecule has 1 N–H and O–H groups in total. The largest absolute Gasteiger partial charge is 0.376 e. The lowest BCUT2D eigenvalue weighted by atomic mass is 10.2. The van der Waals surface area contributed by atoms with Gasteiger partial charge in [-0.25, -0.2) is 4.98 Å². The molecule has 2 aliphatic heterocycles. The maximum absolute atomic E-state index is 5.78. The molecule has 6 nitrogen and oxygen atoms in total. The molecule has 3 heterocycles. The number of aromatic nitrogens is 2. The van der Waals surface area contributed by atoms with E-state index in [1.807, 2.05) is 12.1 Å². The average Bonchev–Trinajstić information content (AvgIpc) is 3.37. The quantitative estimate of drug-likeness (QED) is 0.611. The second kappa shape index (κ2) is 10.1. The zero-order valence-electron chi connectivity index (χ0n) is 18.5. The van der Waals surface area contributed by atoms with E-state index in [1.54, 1.807) is 0 Å². The minimum atomic E-state index is 0.277. The summed E-state index contributed by atoms with van der Waals surface area (Å²) < 4.78 is 5.78. The van der Waals surface area contributed by atoms with E-state index >= 15 is 0 Å². The molecule has 0 bridgehead atoms. The lowest BCUT2D eigenvalue weighted by Gasteiger charge is -2.34. The summed E-state index contributed by atoms with van der Waals surface area (Å²) in [5, 5.41) is 4.61. The topological polar surface area (TPSA) is 53.5 Å². The van der Waals surface area contributed by atoms with Crippen LogP contribution in [-0.2, 0) is 4.74 Å². The third kappa shape index (κ3) is 5.09. The Bertz CT molecular complexity index is 1040. The Morgan fingerprint density at radius 1 is 0.969 bits per heavy atom. The van der Waals surface area contributed by atoms with Crippen molar-refractivity contribution in [3.8, 4) is 0 Å². The van der Waals surface area contributed by atoms with E-state index in [0.717, 1.165) is 81.4 Å². The molecule has 166 valence electrons. The summed E-state index contributed by atoms with van der Waals surface area (Å²) in [6, 6.07) is 18.7. The second-order valence-corrected chi connectivity index (χ2v) is 8.51. The van der Waals surface area contributed by atoms with Crippen LogP contribution in [0.3, 0.4) is 0 Å². The average molecular weight is 430 g/mol. The van der Waals surface area contributed by atoms with Crippen molar-refractivity contribution in [2.24, 2.45) is 0 Å². The van der Waals surface area contributed by atoms with Gasteiger partial charge in [-0.15, -0.1) is 0 Å². The van der Waals surface area contributed by atoms with Crippen LogP contribution >= 0.6 is 0 Å². The molecule has 2 aliphatic rings. The zero-order valence-corrected chi connectivity index (χ0v) is 18.5. The van der Waals surface area contributed by atoms with Crippen molar-refractivity contribution >= 4 is 28.7 Å². The summed E-state index contributed by atoms with van der Waals surface area (Å²) >= 11 is 0. The Balaban J connectivity index is 1.23. The molecule has 2 saturated heterocycles. The third-order valence-electron chi connectivity index (χ3n) is 6.24. The van der Waals surface area contributed by atoms with E-state index in [-0.39, 0.29) is 6.10 Å². The number of benzene rings is 2. The van der Waals surface area contributed by atoms with Gasteiger partial charge >= 0.3 is 0 Å². The maximum Gasteiger partial charge on any atom is 0.227 e. The molecule has 1 atom stereocenters. The minimum Gasteiger partial charge on any atom is -0.376 e. The van der Waals surface area contributed by atoms with E-state index < -0.39 is 0 Å². The molecule has 3 aromatic rings. The number of rotatable bonds is 7. The number of para-hydroxylation sites is 1. The van der Waals surface area contributed by atoms with Gasteiger partial charge in [0, 0.05) is 51.3 Å². The van der Waals surface area contributed by atoms with Gasteiger partial charge < -0.3 is 15.0 Å². The zero-order chi connectivity index (χ0) is 21.6. The van der Waals surface area contributed by atoms with Crippen molar-refractivity contribution in [2.45, 2.75) is 18.9 Å². The SMILES string of the molecule is C(=C\c1ccccc1)/CN1CCN(c2nc(NC[C@@H]3CCCO3)c3ccccc3n2)CC1. The highest BCUT2D eigenvalue weighted by molar-refractivity contribution is 5.90. The summed E-state index contributed by atoms with van der Waals surface area (Å²) in [5.74, 6) is 1.73. The highest BCUT2D eigenvalue weighted by Gasteiger charge is 2.21. The standard InChI is InChI=1S/C26H31N5O/c1-2-8-21(9-3-1)10-6-14-30-15-17-31(18-16-30)26-28-24-13-5-4-12-23(24)25(29-26)27-20-22-11-7-19-32-22/h1-6,8-10,12-13,22H,7,11,14-20H2,(H,27,28,29)/b10-6+/t22-/m0/s1. The molecule has 0 radical (unpaired) electrons. The number of hydrogen-bond donors (Lipinski definition) is 1. The number of piperazine rings is 1. The predicted molar refractivity (Wildman–Crippen MR) is 131 cm³/mol. The van der Waals surface area contributed by atoms with Crippen LogP contribution in [0, 0.1) is 0 Å². The van der Waals surface area contributed by atoms with Gasteiger partial charge in [-0.05, 0) is 30.5 Å². The van der Waals surface area contributed by atoms with Crippen LogP contribution in [0.5, 0.6) is 0 Å². The van der Waals surface area contributed by atoms with E-state index in [2.05, 4.69) is 69.7 Å². The Kier molecular flexibility index (Phi) is 6.61. The van der Waals surface area contributed by atoms with Crippen LogP contribution in [0.1, 0.15) is 18.4 Å². The number of fused-ring (bicyclic) bond motifs is 1. The fourth-order valence-electron chi connectivity index (χ4n) is 4.39. The first-order valence-electron chi connectivity index (χ1n) is 11.7.